The smallest absolute Gasteiger partial charge is 0.269 e. The van der Waals surface area contributed by atoms with Crippen LogP contribution in [0.25, 0.3) is 0 Å². The largest absolute Gasteiger partial charge is 0.377 e. The van der Waals surface area contributed by atoms with E-state index in [1.807, 2.05) is 23.1 Å². The maximum Gasteiger partial charge on any atom is 0.269 e. The lowest BCUT2D eigenvalue weighted by molar-refractivity contribution is -0.384. The number of hydrogen-bond donors (Lipinski definition) is 0. The van der Waals surface area contributed by atoms with Gasteiger partial charge >= 0.3 is 0 Å². The second kappa shape index (κ2) is 10.6. The number of carbonyl (C=O) groups is 1. The maximum atomic E-state index is 13.1. The van der Waals surface area contributed by atoms with Gasteiger partial charge in [0.15, 0.2) is 0 Å². The van der Waals surface area contributed by atoms with E-state index in [-0.39, 0.29) is 17.7 Å². The van der Waals surface area contributed by atoms with Gasteiger partial charge in [-0.25, -0.2) is 0 Å². The molecule has 1 atom stereocenters. The second-order valence-corrected chi connectivity index (χ2v) is 8.43. The highest BCUT2D eigenvalue weighted by atomic mass is 16.6. The van der Waals surface area contributed by atoms with Crippen molar-refractivity contribution in [1.82, 2.24) is 9.80 Å². The minimum Gasteiger partial charge on any atom is -0.377 e. The van der Waals surface area contributed by atoms with Crippen LogP contribution in [0.2, 0.25) is 0 Å². The number of hydrogen-bond acceptors (Lipinski definition) is 6. The highest BCUT2D eigenvalue weighted by Gasteiger charge is 2.25. The van der Waals surface area contributed by atoms with Crippen LogP contribution in [0, 0.1) is 10.1 Å². The van der Waals surface area contributed by atoms with Crippen molar-refractivity contribution in [3.05, 3.63) is 70.3 Å². The quantitative estimate of drug-likeness (QED) is 0.466. The van der Waals surface area contributed by atoms with E-state index in [1.54, 1.807) is 12.1 Å². The molecule has 0 saturated carbocycles. The van der Waals surface area contributed by atoms with Crippen LogP contribution in [0.3, 0.4) is 0 Å². The highest BCUT2D eigenvalue weighted by molar-refractivity contribution is 5.78. The van der Waals surface area contributed by atoms with Gasteiger partial charge in [0.2, 0.25) is 5.91 Å². The summed E-state index contributed by atoms with van der Waals surface area (Å²) in [5, 5.41) is 10.9. The number of rotatable bonds is 8. The van der Waals surface area contributed by atoms with Crippen LogP contribution in [-0.2, 0) is 16.1 Å². The number of anilines is 1. The normalized spacial score (nSPS) is 18.8. The van der Waals surface area contributed by atoms with Crippen molar-refractivity contribution >= 4 is 17.3 Å². The molecule has 2 aliphatic heterocycles. The molecule has 1 amide bonds. The lowest BCUT2D eigenvalue weighted by Gasteiger charge is -2.37. The van der Waals surface area contributed by atoms with Crippen molar-refractivity contribution in [1.29, 1.82) is 0 Å². The van der Waals surface area contributed by atoms with Crippen LogP contribution in [0.15, 0.2) is 54.6 Å². The van der Waals surface area contributed by atoms with Gasteiger partial charge in [0.1, 0.15) is 0 Å². The molecule has 32 heavy (non-hydrogen) atoms. The van der Waals surface area contributed by atoms with Gasteiger partial charge in [-0.05, 0) is 30.5 Å². The molecule has 2 saturated heterocycles. The average Bonchev–Trinajstić information content (AvgIpc) is 3.33. The maximum absolute atomic E-state index is 13.1. The SMILES string of the molecule is O=C(CN(Cc1ccccc1)CC1CCCO1)N1CCN(c2ccc([N+](=O)[O-])cc2)CC1. The van der Waals surface area contributed by atoms with E-state index in [2.05, 4.69) is 21.9 Å². The zero-order chi connectivity index (χ0) is 22.3. The zero-order valence-corrected chi connectivity index (χ0v) is 18.3. The van der Waals surface area contributed by atoms with Crippen molar-refractivity contribution in [3.8, 4) is 0 Å². The lowest BCUT2D eigenvalue weighted by Crippen LogP contribution is -2.51. The van der Waals surface area contributed by atoms with Gasteiger partial charge in [0, 0.05) is 63.7 Å². The van der Waals surface area contributed by atoms with E-state index in [9.17, 15) is 14.9 Å². The van der Waals surface area contributed by atoms with E-state index in [0.717, 1.165) is 38.2 Å². The molecule has 0 radical (unpaired) electrons. The van der Waals surface area contributed by atoms with Crippen molar-refractivity contribution in [2.45, 2.75) is 25.5 Å². The monoisotopic (exact) mass is 438 g/mol. The number of nitrogens with zero attached hydrogens (tertiary/aromatic N) is 4. The molecule has 0 N–H and O–H groups in total. The molecule has 2 fully saturated rings. The summed E-state index contributed by atoms with van der Waals surface area (Å²) in [6.07, 6.45) is 2.33. The third-order valence-electron chi connectivity index (χ3n) is 6.15. The number of amides is 1. The summed E-state index contributed by atoms with van der Waals surface area (Å²) in [7, 11) is 0. The van der Waals surface area contributed by atoms with Gasteiger partial charge in [-0.1, -0.05) is 30.3 Å². The Kier molecular flexibility index (Phi) is 7.34. The summed E-state index contributed by atoms with van der Waals surface area (Å²) in [6, 6.07) is 16.9. The summed E-state index contributed by atoms with van der Waals surface area (Å²) < 4.78 is 5.82. The summed E-state index contributed by atoms with van der Waals surface area (Å²) >= 11 is 0. The van der Waals surface area contributed by atoms with Gasteiger partial charge in [-0.2, -0.15) is 0 Å². The van der Waals surface area contributed by atoms with E-state index in [0.29, 0.717) is 32.7 Å². The average molecular weight is 439 g/mol. The molecule has 2 aliphatic rings. The molecule has 2 aromatic rings. The summed E-state index contributed by atoms with van der Waals surface area (Å²) in [4.78, 5) is 29.8. The fourth-order valence-electron chi connectivity index (χ4n) is 4.39. The van der Waals surface area contributed by atoms with E-state index >= 15 is 0 Å². The topological polar surface area (TPSA) is 79.2 Å². The summed E-state index contributed by atoms with van der Waals surface area (Å²) in [5.41, 5.74) is 2.24. The van der Waals surface area contributed by atoms with Crippen LogP contribution < -0.4 is 4.90 Å². The molecular formula is C24H30N4O4. The van der Waals surface area contributed by atoms with Gasteiger partial charge in [-0.3, -0.25) is 19.8 Å². The van der Waals surface area contributed by atoms with Crippen LogP contribution in [-0.4, -0.2) is 72.6 Å². The molecule has 2 heterocycles. The van der Waals surface area contributed by atoms with Crippen molar-refractivity contribution in [2.75, 3.05) is 50.8 Å². The fourth-order valence-corrected chi connectivity index (χ4v) is 4.39. The first-order valence-electron chi connectivity index (χ1n) is 11.2. The standard InChI is InChI=1S/C24H30N4O4/c29-24(19-25(18-23-7-4-16-32-23)17-20-5-2-1-3-6-20)27-14-12-26(13-15-27)21-8-10-22(11-9-21)28(30)31/h1-3,5-6,8-11,23H,4,7,12-19H2. The Bertz CT molecular complexity index is 892. The van der Waals surface area contributed by atoms with E-state index in [4.69, 9.17) is 4.74 Å². The second-order valence-electron chi connectivity index (χ2n) is 8.43. The Morgan fingerprint density at radius 1 is 1.06 bits per heavy atom. The Morgan fingerprint density at radius 3 is 2.41 bits per heavy atom. The van der Waals surface area contributed by atoms with Crippen LogP contribution in [0.4, 0.5) is 11.4 Å². The van der Waals surface area contributed by atoms with Crippen LogP contribution in [0.1, 0.15) is 18.4 Å². The Hall–Kier alpha value is -2.97. The van der Waals surface area contributed by atoms with Crippen LogP contribution >= 0.6 is 0 Å². The zero-order valence-electron chi connectivity index (χ0n) is 18.3. The van der Waals surface area contributed by atoms with Gasteiger partial charge in [0.25, 0.3) is 5.69 Å². The molecule has 170 valence electrons. The first kappa shape index (κ1) is 22.2. The number of nitro benzene ring substituents is 1. The number of piperazine rings is 1. The third kappa shape index (κ3) is 5.83. The third-order valence-corrected chi connectivity index (χ3v) is 6.15. The number of carbonyl (C=O) groups excluding carboxylic acids is 1. The van der Waals surface area contributed by atoms with Crippen molar-refractivity contribution in [2.24, 2.45) is 0 Å². The number of benzene rings is 2. The number of ether oxygens (including phenoxy) is 1. The summed E-state index contributed by atoms with van der Waals surface area (Å²) in [6.45, 7) is 5.42. The molecule has 4 rings (SSSR count). The van der Waals surface area contributed by atoms with Gasteiger partial charge < -0.3 is 14.5 Å². The van der Waals surface area contributed by atoms with Gasteiger partial charge in [0.05, 0.1) is 17.6 Å². The lowest BCUT2D eigenvalue weighted by atomic mass is 10.1. The van der Waals surface area contributed by atoms with E-state index in [1.165, 1.54) is 17.7 Å². The Labute approximate surface area is 188 Å². The minimum absolute atomic E-state index is 0.0901. The molecular weight excluding hydrogens is 408 g/mol. The number of nitro groups is 1. The van der Waals surface area contributed by atoms with Crippen LogP contribution in [0.5, 0.6) is 0 Å². The predicted octanol–water partition coefficient (Wildman–Crippen LogP) is 2.92. The molecule has 8 nitrogen and oxygen atoms in total. The number of non-ortho nitro benzene ring substituents is 1. The van der Waals surface area contributed by atoms with Gasteiger partial charge in [-0.15, -0.1) is 0 Å². The molecule has 8 heteroatoms. The molecule has 0 aromatic heterocycles. The Balaban J connectivity index is 1.32. The fraction of sp³-hybridized carbons (Fsp3) is 0.458. The molecule has 0 bridgehead atoms. The predicted molar refractivity (Wildman–Crippen MR) is 123 cm³/mol. The molecule has 0 spiro atoms. The summed E-state index contributed by atoms with van der Waals surface area (Å²) in [5.74, 6) is 0.141. The first-order chi connectivity index (χ1) is 15.6. The van der Waals surface area contributed by atoms with Crippen molar-refractivity contribution < 1.29 is 14.5 Å². The first-order valence-corrected chi connectivity index (χ1v) is 11.2. The Morgan fingerprint density at radius 2 is 1.78 bits per heavy atom. The molecule has 0 aliphatic carbocycles. The minimum atomic E-state index is -0.391. The van der Waals surface area contributed by atoms with Crippen molar-refractivity contribution in [3.63, 3.8) is 0 Å². The molecule has 2 aromatic carbocycles. The molecule has 1 unspecified atom stereocenters. The highest BCUT2D eigenvalue weighted by Crippen LogP contribution is 2.21. The van der Waals surface area contributed by atoms with E-state index < -0.39 is 4.92 Å².